The molecule has 1 N–H and O–H groups in total. The maximum absolute atomic E-state index is 4.26. The molecule has 1 aromatic heterocycles. The quantitative estimate of drug-likeness (QED) is 0.883. The van der Waals surface area contributed by atoms with E-state index in [4.69, 9.17) is 0 Å². The Morgan fingerprint density at radius 3 is 3.00 bits per heavy atom. The molecule has 68 valence electrons. The molecular formula is C8H13BrN2S. The van der Waals surface area contributed by atoms with Gasteiger partial charge in [-0.05, 0) is 29.3 Å². The summed E-state index contributed by atoms with van der Waals surface area (Å²) < 4.78 is 0.915. The average molecular weight is 249 g/mol. The second kappa shape index (κ2) is 4.82. The minimum atomic E-state index is 0.521. The lowest BCUT2D eigenvalue weighted by atomic mass is 10.2. The van der Waals surface area contributed by atoms with Crippen LogP contribution in [0.1, 0.15) is 26.7 Å². The Hall–Kier alpha value is -0.0900. The van der Waals surface area contributed by atoms with E-state index in [9.17, 15) is 0 Å². The first-order valence-electron chi connectivity index (χ1n) is 4.10. The molecular weight excluding hydrogens is 236 g/mol. The molecule has 0 bridgehead atoms. The van der Waals surface area contributed by atoms with E-state index >= 15 is 0 Å². The highest BCUT2D eigenvalue weighted by Crippen LogP contribution is 2.20. The van der Waals surface area contributed by atoms with Crippen molar-refractivity contribution in [2.45, 2.75) is 32.7 Å². The zero-order chi connectivity index (χ0) is 8.97. The molecule has 4 heteroatoms. The van der Waals surface area contributed by atoms with Crippen molar-refractivity contribution in [3.8, 4) is 0 Å². The summed E-state index contributed by atoms with van der Waals surface area (Å²) in [6.45, 7) is 4.37. The summed E-state index contributed by atoms with van der Waals surface area (Å²) in [5, 5.41) is 6.33. The average Bonchev–Trinajstić information content (AvgIpc) is 2.36. The predicted molar refractivity (Wildman–Crippen MR) is 57.8 cm³/mol. The summed E-state index contributed by atoms with van der Waals surface area (Å²) in [7, 11) is 0. The standard InChI is InChI=1S/C8H13BrN2S/c1-3-4-6(2)10-8-11-7(9)5-12-8/h5-6H,3-4H2,1-2H3,(H,10,11). The van der Waals surface area contributed by atoms with Crippen molar-refractivity contribution in [3.05, 3.63) is 9.98 Å². The lowest BCUT2D eigenvalue weighted by molar-refractivity contribution is 0.689. The van der Waals surface area contributed by atoms with Gasteiger partial charge < -0.3 is 5.32 Å². The van der Waals surface area contributed by atoms with Crippen molar-refractivity contribution >= 4 is 32.4 Å². The molecule has 1 aromatic rings. The fourth-order valence-corrected chi connectivity index (χ4v) is 2.29. The van der Waals surface area contributed by atoms with Crippen LogP contribution in [0.25, 0.3) is 0 Å². The smallest absolute Gasteiger partial charge is 0.183 e. The molecule has 1 unspecified atom stereocenters. The number of nitrogens with one attached hydrogen (secondary N) is 1. The van der Waals surface area contributed by atoms with Crippen LogP contribution in [0.2, 0.25) is 0 Å². The van der Waals surface area contributed by atoms with Gasteiger partial charge in [0.2, 0.25) is 0 Å². The van der Waals surface area contributed by atoms with Gasteiger partial charge in [0, 0.05) is 11.4 Å². The van der Waals surface area contributed by atoms with E-state index in [-0.39, 0.29) is 0 Å². The van der Waals surface area contributed by atoms with Gasteiger partial charge in [0.15, 0.2) is 5.13 Å². The van der Waals surface area contributed by atoms with E-state index in [1.54, 1.807) is 11.3 Å². The van der Waals surface area contributed by atoms with Gasteiger partial charge in [0.25, 0.3) is 0 Å². The number of nitrogens with zero attached hydrogens (tertiary/aromatic N) is 1. The zero-order valence-electron chi connectivity index (χ0n) is 7.30. The van der Waals surface area contributed by atoms with E-state index in [1.165, 1.54) is 12.8 Å². The molecule has 0 aliphatic carbocycles. The molecule has 12 heavy (non-hydrogen) atoms. The van der Waals surface area contributed by atoms with Gasteiger partial charge in [-0.2, -0.15) is 0 Å². The second-order valence-electron chi connectivity index (χ2n) is 2.81. The van der Waals surface area contributed by atoms with Gasteiger partial charge in [-0.1, -0.05) is 13.3 Å². The normalized spacial score (nSPS) is 12.9. The van der Waals surface area contributed by atoms with Crippen LogP contribution in [-0.4, -0.2) is 11.0 Å². The topological polar surface area (TPSA) is 24.9 Å². The van der Waals surface area contributed by atoms with Gasteiger partial charge in [0.1, 0.15) is 4.60 Å². The maximum Gasteiger partial charge on any atom is 0.183 e. The fourth-order valence-electron chi connectivity index (χ4n) is 1.04. The monoisotopic (exact) mass is 248 g/mol. The zero-order valence-corrected chi connectivity index (χ0v) is 9.70. The van der Waals surface area contributed by atoms with Crippen LogP contribution in [0.15, 0.2) is 9.98 Å². The molecule has 0 saturated heterocycles. The van der Waals surface area contributed by atoms with Crippen molar-refractivity contribution in [1.29, 1.82) is 0 Å². The molecule has 0 fully saturated rings. The highest BCUT2D eigenvalue weighted by Gasteiger charge is 2.03. The summed E-state index contributed by atoms with van der Waals surface area (Å²) in [6, 6.07) is 0.521. The van der Waals surface area contributed by atoms with Crippen molar-refractivity contribution < 1.29 is 0 Å². The second-order valence-corrected chi connectivity index (χ2v) is 4.48. The highest BCUT2D eigenvalue weighted by atomic mass is 79.9. The third kappa shape index (κ3) is 3.11. The number of halogens is 1. The molecule has 0 aromatic carbocycles. The van der Waals surface area contributed by atoms with Gasteiger partial charge in [-0.3, -0.25) is 0 Å². The van der Waals surface area contributed by atoms with Crippen LogP contribution < -0.4 is 5.32 Å². The molecule has 2 nitrogen and oxygen atoms in total. The first kappa shape index (κ1) is 9.99. The molecule has 0 aliphatic rings. The molecule has 0 radical (unpaired) electrons. The highest BCUT2D eigenvalue weighted by molar-refractivity contribution is 9.10. The predicted octanol–water partition coefficient (Wildman–Crippen LogP) is 3.51. The van der Waals surface area contributed by atoms with Crippen LogP contribution >= 0.6 is 27.3 Å². The Morgan fingerprint density at radius 2 is 2.50 bits per heavy atom. The molecule has 0 aliphatic heterocycles. The van der Waals surface area contributed by atoms with Crippen molar-refractivity contribution in [2.24, 2.45) is 0 Å². The maximum atomic E-state index is 4.26. The lowest BCUT2D eigenvalue weighted by Crippen LogP contribution is -2.13. The van der Waals surface area contributed by atoms with Crippen LogP contribution in [0, 0.1) is 0 Å². The van der Waals surface area contributed by atoms with Gasteiger partial charge in [-0.15, -0.1) is 11.3 Å². The van der Waals surface area contributed by atoms with Crippen LogP contribution in [0.3, 0.4) is 0 Å². The van der Waals surface area contributed by atoms with Crippen molar-refractivity contribution in [2.75, 3.05) is 5.32 Å². The Morgan fingerprint density at radius 1 is 1.75 bits per heavy atom. The largest absolute Gasteiger partial charge is 0.359 e. The Bertz CT molecular complexity index is 237. The number of anilines is 1. The number of aromatic nitrogens is 1. The molecule has 0 amide bonds. The van der Waals surface area contributed by atoms with E-state index in [0.29, 0.717) is 6.04 Å². The summed E-state index contributed by atoms with van der Waals surface area (Å²) in [6.07, 6.45) is 2.40. The van der Waals surface area contributed by atoms with E-state index in [0.717, 1.165) is 9.73 Å². The number of hydrogen-bond acceptors (Lipinski definition) is 3. The third-order valence-corrected chi connectivity index (χ3v) is 3.05. The van der Waals surface area contributed by atoms with E-state index in [1.807, 2.05) is 5.38 Å². The van der Waals surface area contributed by atoms with Crippen molar-refractivity contribution in [3.63, 3.8) is 0 Å². The summed E-state index contributed by atoms with van der Waals surface area (Å²) in [5.41, 5.74) is 0. The molecule has 1 rings (SSSR count). The van der Waals surface area contributed by atoms with Crippen LogP contribution in [0.4, 0.5) is 5.13 Å². The fraction of sp³-hybridized carbons (Fsp3) is 0.625. The Kier molecular flexibility index (Phi) is 4.01. The van der Waals surface area contributed by atoms with Gasteiger partial charge in [-0.25, -0.2) is 4.98 Å². The van der Waals surface area contributed by atoms with E-state index in [2.05, 4.69) is 40.1 Å². The number of rotatable bonds is 4. The van der Waals surface area contributed by atoms with E-state index < -0.39 is 0 Å². The number of hydrogen-bond donors (Lipinski definition) is 1. The molecule has 0 spiro atoms. The van der Waals surface area contributed by atoms with Gasteiger partial charge in [0.05, 0.1) is 0 Å². The SMILES string of the molecule is CCCC(C)Nc1nc(Br)cs1. The minimum Gasteiger partial charge on any atom is -0.359 e. The summed E-state index contributed by atoms with van der Waals surface area (Å²) >= 11 is 4.95. The summed E-state index contributed by atoms with van der Waals surface area (Å²) in [5.74, 6) is 0. The minimum absolute atomic E-state index is 0.521. The molecule has 0 saturated carbocycles. The molecule has 1 heterocycles. The van der Waals surface area contributed by atoms with Crippen LogP contribution in [-0.2, 0) is 0 Å². The first-order valence-corrected chi connectivity index (χ1v) is 5.77. The Balaban J connectivity index is 2.41. The van der Waals surface area contributed by atoms with Gasteiger partial charge >= 0.3 is 0 Å². The first-order chi connectivity index (χ1) is 5.72. The van der Waals surface area contributed by atoms with Crippen molar-refractivity contribution in [1.82, 2.24) is 4.98 Å². The van der Waals surface area contributed by atoms with Crippen LogP contribution in [0.5, 0.6) is 0 Å². The Labute approximate surface area is 85.5 Å². The summed E-state index contributed by atoms with van der Waals surface area (Å²) in [4.78, 5) is 4.26. The number of thiazole rings is 1. The lowest BCUT2D eigenvalue weighted by Gasteiger charge is -2.10. The molecule has 1 atom stereocenters. The third-order valence-electron chi connectivity index (χ3n) is 1.57.